The molecule has 0 spiro atoms. The highest BCUT2D eigenvalue weighted by molar-refractivity contribution is 7.89. The van der Waals surface area contributed by atoms with Crippen LogP contribution in [0.25, 0.3) is 0 Å². The van der Waals surface area contributed by atoms with Gasteiger partial charge in [-0.25, -0.2) is 21.9 Å². The predicted molar refractivity (Wildman–Crippen MR) is 87.3 cm³/mol. The van der Waals surface area contributed by atoms with Crippen LogP contribution in [0.1, 0.15) is 41.3 Å². The molecule has 0 radical (unpaired) electrons. The summed E-state index contributed by atoms with van der Waals surface area (Å²) >= 11 is 0. The van der Waals surface area contributed by atoms with Gasteiger partial charge in [-0.15, -0.1) is 0 Å². The molecule has 2 heterocycles. The molecule has 0 aliphatic carbocycles. The summed E-state index contributed by atoms with van der Waals surface area (Å²) in [6.07, 6.45) is -2.51. The van der Waals surface area contributed by atoms with Gasteiger partial charge in [0.05, 0.1) is 23.9 Å². The van der Waals surface area contributed by atoms with Crippen molar-refractivity contribution in [3.8, 4) is 5.75 Å². The second kappa shape index (κ2) is 6.38. The highest BCUT2D eigenvalue weighted by Gasteiger charge is 2.34. The van der Waals surface area contributed by atoms with E-state index >= 15 is 0 Å². The van der Waals surface area contributed by atoms with Crippen molar-refractivity contribution in [2.24, 2.45) is 7.05 Å². The van der Waals surface area contributed by atoms with Crippen molar-refractivity contribution < 1.29 is 21.9 Å². The average Bonchev–Trinajstić information content (AvgIpc) is 2.83. The van der Waals surface area contributed by atoms with Crippen LogP contribution < -0.4 is 9.46 Å². The van der Waals surface area contributed by atoms with Crippen LogP contribution >= 0.6 is 0 Å². The minimum absolute atomic E-state index is 0.00102. The molecule has 0 bridgehead atoms. The average molecular weight is 371 g/mol. The van der Waals surface area contributed by atoms with E-state index in [2.05, 4.69) is 9.82 Å². The van der Waals surface area contributed by atoms with Crippen molar-refractivity contribution in [2.45, 2.75) is 37.8 Å². The van der Waals surface area contributed by atoms with Crippen LogP contribution in [0.4, 0.5) is 8.78 Å². The van der Waals surface area contributed by atoms with Gasteiger partial charge in [0, 0.05) is 19.0 Å². The summed E-state index contributed by atoms with van der Waals surface area (Å²) in [6.45, 7) is 3.58. The number of aromatic nitrogens is 2. The SMILES string of the molecule is Cc1cccc2c1OCC[C@H]2NS(=O)(=O)c1c(C(F)F)c(C)nn1C. The maximum Gasteiger partial charge on any atom is 0.268 e. The predicted octanol–water partition coefficient (Wildman–Crippen LogP) is 2.78. The zero-order valence-corrected chi connectivity index (χ0v) is 14.9. The number of benzene rings is 1. The van der Waals surface area contributed by atoms with Gasteiger partial charge >= 0.3 is 0 Å². The number of rotatable bonds is 4. The molecule has 2 aromatic rings. The summed E-state index contributed by atoms with van der Waals surface area (Å²) in [4.78, 5) is 0. The van der Waals surface area contributed by atoms with E-state index in [4.69, 9.17) is 4.74 Å². The van der Waals surface area contributed by atoms with Crippen LogP contribution in [0.15, 0.2) is 23.2 Å². The lowest BCUT2D eigenvalue weighted by Crippen LogP contribution is -2.34. The second-order valence-electron chi connectivity index (χ2n) is 6.03. The molecule has 0 amide bonds. The fourth-order valence-electron chi connectivity index (χ4n) is 3.17. The summed E-state index contributed by atoms with van der Waals surface area (Å²) in [5, 5.41) is 3.34. The van der Waals surface area contributed by atoms with Crippen LogP contribution in [-0.2, 0) is 17.1 Å². The Kier molecular flexibility index (Phi) is 4.54. The number of hydrogen-bond donors (Lipinski definition) is 1. The highest BCUT2D eigenvalue weighted by atomic mass is 32.2. The van der Waals surface area contributed by atoms with Gasteiger partial charge in [-0.2, -0.15) is 5.10 Å². The van der Waals surface area contributed by atoms with Gasteiger partial charge < -0.3 is 4.74 Å². The minimum atomic E-state index is -4.19. The summed E-state index contributed by atoms with van der Waals surface area (Å²) in [6, 6.07) is 4.91. The molecule has 9 heteroatoms. The first-order chi connectivity index (χ1) is 11.7. The van der Waals surface area contributed by atoms with E-state index in [1.165, 1.54) is 14.0 Å². The van der Waals surface area contributed by atoms with E-state index in [-0.39, 0.29) is 5.69 Å². The fourth-order valence-corrected chi connectivity index (χ4v) is 4.82. The van der Waals surface area contributed by atoms with Gasteiger partial charge in [0.15, 0.2) is 5.03 Å². The van der Waals surface area contributed by atoms with E-state index in [1.807, 2.05) is 19.1 Å². The van der Waals surface area contributed by atoms with Crippen LogP contribution in [0.2, 0.25) is 0 Å². The molecule has 1 aliphatic heterocycles. The van der Waals surface area contributed by atoms with Crippen molar-refractivity contribution in [2.75, 3.05) is 6.61 Å². The normalized spacial score (nSPS) is 17.4. The molecule has 0 unspecified atom stereocenters. The number of para-hydroxylation sites is 1. The molecule has 136 valence electrons. The Morgan fingerprint density at radius 1 is 1.36 bits per heavy atom. The van der Waals surface area contributed by atoms with Gasteiger partial charge in [-0.05, 0) is 19.4 Å². The lowest BCUT2D eigenvalue weighted by atomic mass is 9.99. The molecule has 1 N–H and O–H groups in total. The molecule has 1 aromatic carbocycles. The van der Waals surface area contributed by atoms with Gasteiger partial charge in [-0.3, -0.25) is 4.68 Å². The number of halogens is 2. The Balaban J connectivity index is 2.01. The van der Waals surface area contributed by atoms with E-state index in [1.54, 1.807) is 6.07 Å². The Morgan fingerprint density at radius 2 is 2.08 bits per heavy atom. The molecule has 0 fully saturated rings. The fraction of sp³-hybridized carbons (Fsp3) is 0.438. The molecule has 25 heavy (non-hydrogen) atoms. The largest absolute Gasteiger partial charge is 0.493 e. The maximum absolute atomic E-state index is 13.3. The topological polar surface area (TPSA) is 73.2 Å². The van der Waals surface area contributed by atoms with Crippen LogP contribution in [0, 0.1) is 13.8 Å². The Hall–Kier alpha value is -2.00. The molecule has 3 rings (SSSR count). The molecule has 6 nitrogen and oxygen atoms in total. The number of nitrogens with zero attached hydrogens (tertiary/aromatic N) is 2. The monoisotopic (exact) mass is 371 g/mol. The summed E-state index contributed by atoms with van der Waals surface area (Å²) in [5.74, 6) is 0.636. The van der Waals surface area contributed by atoms with Gasteiger partial charge in [0.2, 0.25) is 0 Å². The minimum Gasteiger partial charge on any atom is -0.493 e. The van der Waals surface area contributed by atoms with E-state index in [9.17, 15) is 17.2 Å². The van der Waals surface area contributed by atoms with Gasteiger partial charge in [0.1, 0.15) is 5.75 Å². The van der Waals surface area contributed by atoms with Gasteiger partial charge in [-0.1, -0.05) is 18.2 Å². The lowest BCUT2D eigenvalue weighted by molar-refractivity contribution is 0.146. The van der Waals surface area contributed by atoms with E-state index in [0.29, 0.717) is 24.3 Å². The molecule has 1 atom stereocenters. The number of sulfonamides is 1. The smallest absolute Gasteiger partial charge is 0.268 e. The first-order valence-electron chi connectivity index (χ1n) is 7.78. The Morgan fingerprint density at radius 3 is 2.76 bits per heavy atom. The van der Waals surface area contributed by atoms with Crippen molar-refractivity contribution in [3.05, 3.63) is 40.6 Å². The second-order valence-corrected chi connectivity index (χ2v) is 7.66. The highest BCUT2D eigenvalue weighted by Crippen LogP contribution is 2.36. The zero-order valence-electron chi connectivity index (χ0n) is 14.1. The summed E-state index contributed by atoms with van der Waals surface area (Å²) < 4.78 is 61.4. The molecule has 0 saturated carbocycles. The first-order valence-corrected chi connectivity index (χ1v) is 9.27. The number of nitrogens with one attached hydrogen (secondary N) is 1. The van der Waals surface area contributed by atoms with E-state index in [0.717, 1.165) is 10.2 Å². The Labute approximate surface area is 144 Å². The van der Waals surface area contributed by atoms with Crippen molar-refractivity contribution in [1.82, 2.24) is 14.5 Å². The van der Waals surface area contributed by atoms with Crippen molar-refractivity contribution in [3.63, 3.8) is 0 Å². The first kappa shape index (κ1) is 17.8. The molecule has 0 saturated heterocycles. The summed E-state index contributed by atoms with van der Waals surface area (Å²) in [5.41, 5.74) is 1.03. The molecular weight excluding hydrogens is 352 g/mol. The van der Waals surface area contributed by atoms with Crippen LogP contribution in [-0.4, -0.2) is 24.8 Å². The number of aryl methyl sites for hydroxylation is 3. The molecule has 1 aromatic heterocycles. The number of ether oxygens (including phenoxy) is 1. The van der Waals surface area contributed by atoms with Crippen LogP contribution in [0.3, 0.4) is 0 Å². The van der Waals surface area contributed by atoms with Crippen molar-refractivity contribution in [1.29, 1.82) is 0 Å². The van der Waals surface area contributed by atoms with Crippen LogP contribution in [0.5, 0.6) is 5.75 Å². The number of fused-ring (bicyclic) bond motifs is 1. The van der Waals surface area contributed by atoms with Gasteiger partial charge in [0.25, 0.3) is 16.4 Å². The lowest BCUT2D eigenvalue weighted by Gasteiger charge is -2.27. The third-order valence-electron chi connectivity index (χ3n) is 4.25. The standard InChI is InChI=1S/C16H19F2N3O3S/c1-9-5-4-6-11-12(7-8-24-14(9)11)20-25(22,23)16-13(15(17)18)10(2)19-21(16)3/h4-6,12,15,20H,7-8H2,1-3H3/t12-/m1/s1. The maximum atomic E-state index is 13.3. The van der Waals surface area contributed by atoms with Crippen molar-refractivity contribution >= 4 is 10.0 Å². The number of hydrogen-bond acceptors (Lipinski definition) is 4. The Bertz CT molecular complexity index is 910. The number of alkyl halides is 2. The molecule has 1 aliphatic rings. The quantitative estimate of drug-likeness (QED) is 0.897. The van der Waals surface area contributed by atoms with E-state index < -0.39 is 33.1 Å². The third kappa shape index (κ3) is 3.13. The zero-order chi connectivity index (χ0) is 18.4. The molecular formula is C16H19F2N3O3S. The third-order valence-corrected chi connectivity index (χ3v) is 5.84. The summed E-state index contributed by atoms with van der Waals surface area (Å²) in [7, 11) is -2.84.